The van der Waals surface area contributed by atoms with Crippen molar-refractivity contribution in [2.75, 3.05) is 19.4 Å². The molecule has 150 valence electrons. The van der Waals surface area contributed by atoms with Crippen LogP contribution >= 0.6 is 11.8 Å². The summed E-state index contributed by atoms with van der Waals surface area (Å²) in [5, 5.41) is 7.33. The lowest BCUT2D eigenvalue weighted by molar-refractivity contribution is -0.141. The fraction of sp³-hybridized carbons (Fsp3) is 0.333. The molecule has 0 saturated carbocycles. The number of rotatable bonds is 8. The number of benzene rings is 1. The summed E-state index contributed by atoms with van der Waals surface area (Å²) in [6.07, 6.45) is 2.47. The first-order valence-electron chi connectivity index (χ1n) is 8.48. The van der Waals surface area contributed by atoms with Crippen LogP contribution < -0.4 is 22.1 Å². The van der Waals surface area contributed by atoms with Crippen LogP contribution in [0.4, 0.5) is 5.69 Å². The number of hydrogen-bond donors (Lipinski definition) is 4. The van der Waals surface area contributed by atoms with Gasteiger partial charge in [-0.15, -0.1) is 11.8 Å². The van der Waals surface area contributed by atoms with Gasteiger partial charge in [0.1, 0.15) is 0 Å². The van der Waals surface area contributed by atoms with E-state index in [9.17, 15) is 14.4 Å². The van der Waals surface area contributed by atoms with E-state index in [1.807, 2.05) is 11.5 Å². The maximum atomic E-state index is 12.3. The van der Waals surface area contributed by atoms with Gasteiger partial charge in [-0.2, -0.15) is 0 Å². The van der Waals surface area contributed by atoms with E-state index < -0.39 is 11.4 Å². The second kappa shape index (κ2) is 9.79. The van der Waals surface area contributed by atoms with Crippen LogP contribution in [-0.2, 0) is 14.3 Å². The van der Waals surface area contributed by atoms with Crippen molar-refractivity contribution in [1.29, 1.82) is 0 Å². The standard InChI is InChI=1S/C18H23N5O4S/c1-27-15(25)5-6-18(7-8-28-11-18)23-14(24)10-21-16(26)12-3-2-4-13(9-12)22-17(19)20/h2-4,7-9H,5-6,10-11H2,1H3,(H,21,26)(H,23,24)(H4,19,20,22). The van der Waals surface area contributed by atoms with Crippen molar-refractivity contribution in [3.05, 3.63) is 41.3 Å². The van der Waals surface area contributed by atoms with Crippen LogP contribution in [0.2, 0.25) is 0 Å². The zero-order valence-corrected chi connectivity index (χ0v) is 16.3. The van der Waals surface area contributed by atoms with Gasteiger partial charge in [0.25, 0.3) is 5.91 Å². The van der Waals surface area contributed by atoms with Crippen LogP contribution in [0.15, 0.2) is 40.7 Å². The van der Waals surface area contributed by atoms with Gasteiger partial charge >= 0.3 is 5.97 Å². The Bertz CT molecular complexity index is 807. The first kappa shape index (κ1) is 21.3. The van der Waals surface area contributed by atoms with E-state index in [2.05, 4.69) is 20.4 Å². The van der Waals surface area contributed by atoms with Crippen LogP contribution in [0.25, 0.3) is 0 Å². The molecule has 1 unspecified atom stereocenters. The lowest BCUT2D eigenvalue weighted by Crippen LogP contribution is -2.51. The van der Waals surface area contributed by atoms with Crippen molar-refractivity contribution >= 4 is 41.2 Å². The summed E-state index contributed by atoms with van der Waals surface area (Å²) in [6.45, 7) is -0.205. The predicted molar refractivity (Wildman–Crippen MR) is 108 cm³/mol. The molecule has 0 aromatic heterocycles. The van der Waals surface area contributed by atoms with Gasteiger partial charge in [-0.1, -0.05) is 12.1 Å². The van der Waals surface area contributed by atoms with Crippen LogP contribution in [0.1, 0.15) is 23.2 Å². The zero-order valence-electron chi connectivity index (χ0n) is 15.4. The Hall–Kier alpha value is -3.01. The molecule has 0 fully saturated rings. The van der Waals surface area contributed by atoms with Crippen LogP contribution in [0.5, 0.6) is 0 Å². The summed E-state index contributed by atoms with van der Waals surface area (Å²) < 4.78 is 4.66. The quantitative estimate of drug-likeness (QED) is 0.278. The number of amides is 2. The normalized spacial score (nSPS) is 17.6. The van der Waals surface area contributed by atoms with Crippen LogP contribution in [-0.4, -0.2) is 48.7 Å². The third kappa shape index (κ3) is 6.31. The molecule has 1 aliphatic heterocycles. The van der Waals surface area contributed by atoms with E-state index in [0.29, 0.717) is 23.4 Å². The van der Waals surface area contributed by atoms with E-state index in [-0.39, 0.29) is 30.8 Å². The number of carbonyl (C=O) groups excluding carboxylic acids is 3. The number of thioether (sulfide) groups is 1. The topological polar surface area (TPSA) is 149 Å². The Morgan fingerprint density at radius 3 is 2.75 bits per heavy atom. The number of ether oxygens (including phenoxy) is 1. The first-order chi connectivity index (χ1) is 13.3. The summed E-state index contributed by atoms with van der Waals surface area (Å²) in [5.41, 5.74) is 10.8. The van der Waals surface area contributed by atoms with E-state index in [1.165, 1.54) is 13.2 Å². The minimum Gasteiger partial charge on any atom is -0.469 e. The van der Waals surface area contributed by atoms with E-state index in [0.717, 1.165) is 0 Å². The highest BCUT2D eigenvalue weighted by Crippen LogP contribution is 2.29. The zero-order chi connectivity index (χ0) is 20.6. The molecular formula is C18H23N5O4S. The number of methoxy groups -OCH3 is 1. The van der Waals surface area contributed by atoms with Crippen LogP contribution in [0, 0.1) is 0 Å². The van der Waals surface area contributed by atoms with Gasteiger partial charge < -0.3 is 26.8 Å². The Morgan fingerprint density at radius 2 is 2.11 bits per heavy atom. The first-order valence-corrected chi connectivity index (χ1v) is 9.53. The van der Waals surface area contributed by atoms with Crippen molar-refractivity contribution in [2.45, 2.75) is 18.4 Å². The van der Waals surface area contributed by atoms with E-state index in [4.69, 9.17) is 11.5 Å². The highest BCUT2D eigenvalue weighted by molar-refractivity contribution is 8.02. The molecule has 2 rings (SSSR count). The summed E-state index contributed by atoms with van der Waals surface area (Å²) in [4.78, 5) is 39.9. The second-order valence-corrected chi connectivity index (χ2v) is 7.06. The van der Waals surface area contributed by atoms with E-state index >= 15 is 0 Å². The number of nitrogens with zero attached hydrogens (tertiary/aromatic N) is 1. The molecule has 10 heteroatoms. The maximum absolute atomic E-state index is 12.3. The molecule has 9 nitrogen and oxygen atoms in total. The molecule has 0 aliphatic carbocycles. The van der Waals surface area contributed by atoms with Crippen molar-refractivity contribution in [1.82, 2.24) is 10.6 Å². The maximum Gasteiger partial charge on any atom is 0.305 e. The van der Waals surface area contributed by atoms with Crippen molar-refractivity contribution < 1.29 is 19.1 Å². The third-order valence-electron chi connectivity index (χ3n) is 3.99. The Labute approximate surface area is 167 Å². The minimum atomic E-state index is -0.631. The molecule has 2 amide bonds. The molecular weight excluding hydrogens is 382 g/mol. The van der Waals surface area contributed by atoms with Gasteiger partial charge in [0, 0.05) is 17.7 Å². The average molecular weight is 405 g/mol. The molecule has 1 aliphatic rings. The monoisotopic (exact) mass is 405 g/mol. The number of nitrogens with two attached hydrogens (primary N) is 2. The molecule has 0 bridgehead atoms. The summed E-state index contributed by atoms with van der Waals surface area (Å²) >= 11 is 1.54. The number of hydrogen-bond acceptors (Lipinski definition) is 6. The van der Waals surface area contributed by atoms with Gasteiger partial charge in [0.2, 0.25) is 5.91 Å². The smallest absolute Gasteiger partial charge is 0.305 e. The molecule has 1 heterocycles. The van der Waals surface area contributed by atoms with Crippen molar-refractivity contribution in [3.8, 4) is 0 Å². The second-order valence-electron chi connectivity index (χ2n) is 6.16. The average Bonchev–Trinajstić information content (AvgIpc) is 3.12. The number of nitrogens with one attached hydrogen (secondary N) is 2. The van der Waals surface area contributed by atoms with Gasteiger partial charge in [0.05, 0.1) is 24.9 Å². The van der Waals surface area contributed by atoms with E-state index in [1.54, 1.807) is 30.0 Å². The summed E-state index contributed by atoms with van der Waals surface area (Å²) in [6, 6.07) is 6.39. The Kier molecular flexibility index (Phi) is 7.44. The third-order valence-corrected chi connectivity index (χ3v) is 5.00. The molecule has 28 heavy (non-hydrogen) atoms. The lowest BCUT2D eigenvalue weighted by atomic mass is 9.95. The number of carbonyl (C=O) groups is 3. The number of esters is 1. The molecule has 0 saturated heterocycles. The van der Waals surface area contributed by atoms with Gasteiger partial charge in [-0.3, -0.25) is 14.4 Å². The highest BCUT2D eigenvalue weighted by Gasteiger charge is 2.32. The predicted octanol–water partition coefficient (Wildman–Crippen LogP) is 0.390. The molecule has 0 radical (unpaired) electrons. The summed E-state index contributed by atoms with van der Waals surface area (Å²) in [5.74, 6) is -0.623. The number of aliphatic imine (C=N–C) groups is 1. The van der Waals surface area contributed by atoms with Crippen molar-refractivity contribution in [3.63, 3.8) is 0 Å². The van der Waals surface area contributed by atoms with Crippen LogP contribution in [0.3, 0.4) is 0 Å². The molecule has 0 spiro atoms. The molecule has 1 aromatic rings. The Balaban J connectivity index is 1.92. The fourth-order valence-corrected chi connectivity index (χ4v) is 3.66. The van der Waals surface area contributed by atoms with Crippen molar-refractivity contribution in [2.24, 2.45) is 16.5 Å². The Morgan fingerprint density at radius 1 is 1.32 bits per heavy atom. The van der Waals surface area contributed by atoms with Gasteiger partial charge in [-0.05, 0) is 30.0 Å². The van der Waals surface area contributed by atoms with Gasteiger partial charge in [0.15, 0.2) is 5.96 Å². The minimum absolute atomic E-state index is 0.114. The SMILES string of the molecule is COC(=O)CCC1(NC(=O)CNC(=O)c2cccc(N=C(N)N)c2)C=CSC1. The largest absolute Gasteiger partial charge is 0.469 e. The molecule has 1 atom stereocenters. The molecule has 1 aromatic carbocycles. The molecule has 6 N–H and O–H groups in total. The highest BCUT2D eigenvalue weighted by atomic mass is 32.2. The number of guanidine groups is 1. The summed E-state index contributed by atoms with van der Waals surface area (Å²) in [7, 11) is 1.32. The lowest BCUT2D eigenvalue weighted by Gasteiger charge is -2.28. The van der Waals surface area contributed by atoms with Gasteiger partial charge in [-0.25, -0.2) is 4.99 Å². The fourth-order valence-electron chi connectivity index (χ4n) is 2.60.